The molecule has 7 nitrogen and oxygen atoms in total. The summed E-state index contributed by atoms with van der Waals surface area (Å²) >= 11 is 0. The largest absolute Gasteiger partial charge is 0.465 e. The molecular weight excluding hydrogens is 602 g/mol. The van der Waals surface area contributed by atoms with Gasteiger partial charge in [0.25, 0.3) is 0 Å². The summed E-state index contributed by atoms with van der Waals surface area (Å²) in [6, 6.07) is 0. The van der Waals surface area contributed by atoms with Crippen molar-refractivity contribution < 1.29 is 29.0 Å². The first-order valence-corrected chi connectivity index (χ1v) is 19.4. The van der Waals surface area contributed by atoms with Crippen LogP contribution >= 0.6 is 0 Å². The molecule has 0 bridgehead atoms. The van der Waals surface area contributed by atoms with Gasteiger partial charge in [-0.15, -0.1) is 0 Å². The number of ether oxygens (including phenoxy) is 2. The minimum absolute atomic E-state index is 0.00527. The van der Waals surface area contributed by atoms with Crippen LogP contribution in [0, 0.1) is 0 Å². The fraction of sp³-hybridized carbons (Fsp3) is 0.732. The number of carbonyl (C=O) groups excluding carboxylic acids is 2. The van der Waals surface area contributed by atoms with Crippen LogP contribution in [0.3, 0.4) is 0 Å². The predicted octanol–water partition coefficient (Wildman–Crippen LogP) is 11.7. The van der Waals surface area contributed by atoms with E-state index < -0.39 is 6.09 Å². The van der Waals surface area contributed by atoms with Crippen LogP contribution in [-0.2, 0) is 19.1 Å². The number of hydrogen-bond acceptors (Lipinski definition) is 5. The summed E-state index contributed by atoms with van der Waals surface area (Å²) < 4.78 is 10.5. The normalized spacial score (nSPS) is 11.8. The van der Waals surface area contributed by atoms with Crippen LogP contribution in [0.2, 0.25) is 0 Å². The highest BCUT2D eigenvalue weighted by atomic mass is 16.5. The Bertz CT molecular complexity index is 814. The van der Waals surface area contributed by atoms with E-state index in [4.69, 9.17) is 9.47 Å². The highest BCUT2D eigenvalue weighted by Gasteiger charge is 2.14. The van der Waals surface area contributed by atoms with Crippen molar-refractivity contribution in [1.29, 1.82) is 0 Å². The van der Waals surface area contributed by atoms with Gasteiger partial charge in [0, 0.05) is 12.8 Å². The van der Waals surface area contributed by atoms with Crippen molar-refractivity contribution in [2.24, 2.45) is 0 Å². The third kappa shape index (κ3) is 34.5. The zero-order chi connectivity index (χ0) is 35.2. The number of carboxylic acid groups (broad SMARTS) is 1. The van der Waals surface area contributed by atoms with E-state index in [1.807, 2.05) is 0 Å². The minimum Gasteiger partial charge on any atom is -0.465 e. The van der Waals surface area contributed by atoms with E-state index in [-0.39, 0.29) is 38.2 Å². The summed E-state index contributed by atoms with van der Waals surface area (Å²) in [5.41, 5.74) is 0. The molecule has 0 fully saturated rings. The molecule has 1 N–H and O–H groups in total. The lowest BCUT2D eigenvalue weighted by molar-refractivity contribution is -0.144. The van der Waals surface area contributed by atoms with E-state index in [1.165, 1.54) is 51.4 Å². The Labute approximate surface area is 294 Å². The highest BCUT2D eigenvalue weighted by Crippen LogP contribution is 2.10. The molecule has 0 saturated carbocycles. The molecular formula is C41H71NO6. The Morgan fingerprint density at radius 3 is 1.17 bits per heavy atom. The topological polar surface area (TPSA) is 93.1 Å². The average Bonchev–Trinajstić information content (AvgIpc) is 3.07. The number of carbonyl (C=O) groups is 3. The molecule has 0 radical (unpaired) electrons. The number of unbranched alkanes of at least 4 members (excludes halogenated alkanes) is 16. The maximum absolute atomic E-state index is 12.0. The second-order valence-corrected chi connectivity index (χ2v) is 12.7. The first-order valence-electron chi connectivity index (χ1n) is 19.4. The van der Waals surface area contributed by atoms with E-state index in [1.54, 1.807) is 0 Å². The average molecular weight is 674 g/mol. The summed E-state index contributed by atoms with van der Waals surface area (Å²) in [5, 5.41) is 9.44. The van der Waals surface area contributed by atoms with Gasteiger partial charge in [0.15, 0.2) is 0 Å². The lowest BCUT2D eigenvalue weighted by Crippen LogP contribution is -2.36. The molecule has 0 aliphatic heterocycles. The number of amides is 1. The first-order chi connectivity index (χ1) is 23.5. The maximum atomic E-state index is 12.0. The van der Waals surface area contributed by atoms with E-state index in [0.29, 0.717) is 12.8 Å². The molecule has 276 valence electrons. The molecule has 0 atom stereocenters. The Balaban J connectivity index is 3.70. The highest BCUT2D eigenvalue weighted by molar-refractivity contribution is 5.70. The molecule has 1 amide bonds. The molecule has 48 heavy (non-hydrogen) atoms. The smallest absolute Gasteiger partial charge is 0.407 e. The van der Waals surface area contributed by atoms with Gasteiger partial charge in [-0.1, -0.05) is 127 Å². The zero-order valence-corrected chi connectivity index (χ0v) is 30.9. The standard InChI is InChI=1S/C41H71NO6/c1-3-5-7-9-11-13-15-17-19-21-23-25-27-29-31-33-39(43)47-37-35-42(41(45)46)36-38-48-40(44)34-32-30-28-26-24-22-20-18-16-14-12-10-8-6-4-2/h11-14,17-20H,3-10,15-16,21-38H2,1-2H3,(H,45,46)/b13-11-,14-12-,19-17-,20-18-. The predicted molar refractivity (Wildman–Crippen MR) is 200 cm³/mol. The molecule has 0 aliphatic rings. The van der Waals surface area contributed by atoms with Gasteiger partial charge in [0.2, 0.25) is 0 Å². The lowest BCUT2D eigenvalue weighted by Gasteiger charge is -2.19. The Morgan fingerprint density at radius 2 is 0.812 bits per heavy atom. The van der Waals surface area contributed by atoms with Crippen LogP contribution in [0.1, 0.15) is 168 Å². The van der Waals surface area contributed by atoms with Gasteiger partial charge in [0.05, 0.1) is 13.1 Å². The van der Waals surface area contributed by atoms with Crippen LogP contribution in [0.5, 0.6) is 0 Å². The fourth-order valence-corrected chi connectivity index (χ4v) is 5.15. The molecule has 0 aromatic carbocycles. The molecule has 0 unspecified atom stereocenters. The van der Waals surface area contributed by atoms with Gasteiger partial charge in [-0.3, -0.25) is 9.59 Å². The minimum atomic E-state index is -1.12. The second-order valence-electron chi connectivity index (χ2n) is 12.7. The summed E-state index contributed by atoms with van der Waals surface area (Å²) in [7, 11) is 0. The van der Waals surface area contributed by atoms with Gasteiger partial charge >= 0.3 is 18.0 Å². The van der Waals surface area contributed by atoms with Gasteiger partial charge in [-0.25, -0.2) is 4.79 Å². The van der Waals surface area contributed by atoms with E-state index in [0.717, 1.165) is 94.8 Å². The summed E-state index contributed by atoms with van der Waals surface area (Å²) in [5.74, 6) is -0.593. The molecule has 0 heterocycles. The number of nitrogens with zero attached hydrogens (tertiary/aromatic N) is 1. The third-order valence-corrected chi connectivity index (χ3v) is 8.18. The summed E-state index contributed by atoms with van der Waals surface area (Å²) in [6.07, 6.45) is 42.4. The van der Waals surface area contributed by atoms with Crippen molar-refractivity contribution >= 4 is 18.0 Å². The quantitative estimate of drug-likeness (QED) is 0.0415. The summed E-state index contributed by atoms with van der Waals surface area (Å²) in [4.78, 5) is 36.7. The van der Waals surface area contributed by atoms with Crippen molar-refractivity contribution in [2.45, 2.75) is 168 Å². The van der Waals surface area contributed by atoms with E-state index in [9.17, 15) is 19.5 Å². The SMILES string of the molecule is CCCCC/C=C\C/C=C\CCCCCCCC(=O)OCCN(CCOC(=O)CCCCCCC/C=C\C/C=C\CCCCC)C(=O)O. The fourth-order valence-electron chi connectivity index (χ4n) is 5.15. The second kappa shape index (κ2) is 37.0. The van der Waals surface area contributed by atoms with Crippen molar-refractivity contribution in [3.63, 3.8) is 0 Å². The Hall–Kier alpha value is -2.83. The molecule has 0 saturated heterocycles. The molecule has 0 aromatic rings. The Kier molecular flexibility index (Phi) is 34.8. The molecule has 7 heteroatoms. The first kappa shape index (κ1) is 45.2. The Morgan fingerprint density at radius 1 is 0.479 bits per heavy atom. The number of esters is 2. The maximum Gasteiger partial charge on any atom is 0.407 e. The van der Waals surface area contributed by atoms with Gasteiger partial charge in [-0.05, 0) is 77.0 Å². The van der Waals surface area contributed by atoms with Crippen molar-refractivity contribution in [3.05, 3.63) is 48.6 Å². The molecule has 0 aliphatic carbocycles. The van der Waals surface area contributed by atoms with Crippen LogP contribution in [0.25, 0.3) is 0 Å². The van der Waals surface area contributed by atoms with Crippen molar-refractivity contribution in [3.8, 4) is 0 Å². The monoisotopic (exact) mass is 674 g/mol. The van der Waals surface area contributed by atoms with Crippen LogP contribution in [0.4, 0.5) is 4.79 Å². The molecule has 0 aromatic heterocycles. The number of hydrogen-bond donors (Lipinski definition) is 1. The van der Waals surface area contributed by atoms with Crippen LogP contribution < -0.4 is 0 Å². The molecule has 0 rings (SSSR count). The molecule has 0 spiro atoms. The van der Waals surface area contributed by atoms with Crippen LogP contribution in [-0.4, -0.2) is 54.3 Å². The number of allylic oxidation sites excluding steroid dienone is 8. The van der Waals surface area contributed by atoms with Crippen molar-refractivity contribution in [2.75, 3.05) is 26.3 Å². The van der Waals surface area contributed by atoms with E-state index >= 15 is 0 Å². The summed E-state index contributed by atoms with van der Waals surface area (Å²) in [6.45, 7) is 4.59. The van der Waals surface area contributed by atoms with Crippen molar-refractivity contribution in [1.82, 2.24) is 4.90 Å². The third-order valence-electron chi connectivity index (χ3n) is 8.18. The zero-order valence-electron chi connectivity index (χ0n) is 30.9. The lowest BCUT2D eigenvalue weighted by atomic mass is 10.1. The van der Waals surface area contributed by atoms with Crippen LogP contribution in [0.15, 0.2) is 48.6 Å². The van der Waals surface area contributed by atoms with E-state index in [2.05, 4.69) is 62.5 Å². The van der Waals surface area contributed by atoms with Gasteiger partial charge in [0.1, 0.15) is 13.2 Å². The van der Waals surface area contributed by atoms with Gasteiger partial charge in [-0.2, -0.15) is 0 Å². The van der Waals surface area contributed by atoms with Gasteiger partial charge < -0.3 is 19.5 Å². The number of rotatable bonds is 34.